The number of carbonyl (C=O) groups excluding carboxylic acids is 1. The fourth-order valence-electron chi connectivity index (χ4n) is 4.46. The van der Waals surface area contributed by atoms with E-state index in [2.05, 4.69) is 38.9 Å². The maximum atomic E-state index is 13.2. The monoisotopic (exact) mass is 553 g/mol. The largest absolute Gasteiger partial charge is 0.493 e. The molecule has 5 aromatic rings. The van der Waals surface area contributed by atoms with E-state index in [0.717, 1.165) is 23.5 Å². The van der Waals surface area contributed by atoms with E-state index in [1.54, 1.807) is 30.3 Å². The summed E-state index contributed by atoms with van der Waals surface area (Å²) in [4.78, 5) is 17.5. The van der Waals surface area contributed by atoms with Gasteiger partial charge < -0.3 is 14.8 Å². The average Bonchev–Trinajstić information content (AvgIpc) is 3.43. The summed E-state index contributed by atoms with van der Waals surface area (Å²) in [5, 5.41) is 3.37. The van der Waals surface area contributed by atoms with Gasteiger partial charge in [-0.25, -0.2) is 4.39 Å². The molecular formula is C32H28FN3O3S. The molecule has 0 aliphatic rings. The summed E-state index contributed by atoms with van der Waals surface area (Å²) < 4.78 is 28.9. The zero-order valence-electron chi connectivity index (χ0n) is 21.9. The number of carbonyl (C=O) groups is 1. The molecule has 0 saturated carbocycles. The van der Waals surface area contributed by atoms with Crippen molar-refractivity contribution in [3.63, 3.8) is 0 Å². The lowest BCUT2D eigenvalue weighted by atomic mass is 9.88. The van der Waals surface area contributed by atoms with Crippen molar-refractivity contribution < 1.29 is 18.7 Å². The Hall–Kier alpha value is -4.56. The summed E-state index contributed by atoms with van der Waals surface area (Å²) >= 11 is 1.10. The minimum Gasteiger partial charge on any atom is -0.493 e. The summed E-state index contributed by atoms with van der Waals surface area (Å²) in [5.74, 6) is 1.07. The van der Waals surface area contributed by atoms with Crippen molar-refractivity contribution in [3.8, 4) is 16.7 Å². The summed E-state index contributed by atoms with van der Waals surface area (Å²) in [5.41, 5.74) is 3.75. The van der Waals surface area contributed by atoms with Crippen LogP contribution in [0.25, 0.3) is 0 Å². The Kier molecular flexibility index (Phi) is 8.78. The standard InChI is InChI=1S/C32H28FN3O3S/c1-38-28-17-14-25(21-29(28)39-32-35-30(36-40-32)20-22-12-15-26(33)16-13-22)31(37)34-19-18-27(23-8-4-2-5-9-23)24-10-6-3-7-11-24/h2-17,21,27H,18-20H2,1H3,(H,34,37). The van der Waals surface area contributed by atoms with Gasteiger partial charge in [0, 0.05) is 36.0 Å². The molecule has 0 aliphatic heterocycles. The van der Waals surface area contributed by atoms with Crippen molar-refractivity contribution in [2.75, 3.05) is 13.7 Å². The van der Waals surface area contributed by atoms with Gasteiger partial charge >= 0.3 is 0 Å². The molecule has 1 heterocycles. The smallest absolute Gasteiger partial charge is 0.298 e. The Bertz CT molecular complexity index is 1500. The van der Waals surface area contributed by atoms with Gasteiger partial charge in [-0.05, 0) is 53.4 Å². The number of methoxy groups -OCH3 is 1. The molecule has 0 bridgehead atoms. The fraction of sp³-hybridized carbons (Fsp3) is 0.156. The van der Waals surface area contributed by atoms with Crippen LogP contribution in [-0.4, -0.2) is 28.9 Å². The maximum absolute atomic E-state index is 13.2. The second kappa shape index (κ2) is 13.0. The third-order valence-corrected chi connectivity index (χ3v) is 7.10. The van der Waals surface area contributed by atoms with Crippen molar-refractivity contribution in [3.05, 3.63) is 137 Å². The molecule has 0 spiro atoms. The highest BCUT2D eigenvalue weighted by Crippen LogP contribution is 2.33. The molecule has 1 aromatic heterocycles. The van der Waals surface area contributed by atoms with Crippen LogP contribution >= 0.6 is 11.5 Å². The minimum absolute atomic E-state index is 0.166. The second-order valence-electron chi connectivity index (χ2n) is 9.17. The minimum atomic E-state index is -0.290. The molecule has 4 aromatic carbocycles. The normalized spacial score (nSPS) is 10.9. The van der Waals surface area contributed by atoms with Crippen molar-refractivity contribution >= 4 is 17.4 Å². The highest BCUT2D eigenvalue weighted by molar-refractivity contribution is 7.07. The van der Waals surface area contributed by atoms with E-state index in [9.17, 15) is 9.18 Å². The third kappa shape index (κ3) is 6.90. The molecule has 0 aliphatic carbocycles. The van der Waals surface area contributed by atoms with E-state index in [1.165, 1.54) is 30.4 Å². The predicted molar refractivity (Wildman–Crippen MR) is 154 cm³/mol. The van der Waals surface area contributed by atoms with Crippen LogP contribution < -0.4 is 14.8 Å². The van der Waals surface area contributed by atoms with E-state index >= 15 is 0 Å². The zero-order chi connectivity index (χ0) is 27.7. The lowest BCUT2D eigenvalue weighted by molar-refractivity contribution is 0.0952. The van der Waals surface area contributed by atoms with E-state index in [-0.39, 0.29) is 17.6 Å². The maximum Gasteiger partial charge on any atom is 0.298 e. The van der Waals surface area contributed by atoms with Crippen LogP contribution in [0.5, 0.6) is 16.7 Å². The summed E-state index contributed by atoms with van der Waals surface area (Å²) in [6.45, 7) is 0.499. The van der Waals surface area contributed by atoms with Gasteiger partial charge in [-0.1, -0.05) is 72.8 Å². The van der Waals surface area contributed by atoms with E-state index < -0.39 is 0 Å². The molecule has 0 radical (unpaired) electrons. The van der Waals surface area contributed by atoms with Gasteiger partial charge in [-0.2, -0.15) is 9.36 Å². The highest BCUT2D eigenvalue weighted by Gasteiger charge is 2.17. The lowest BCUT2D eigenvalue weighted by Crippen LogP contribution is -2.25. The van der Waals surface area contributed by atoms with Gasteiger partial charge in [-0.15, -0.1) is 0 Å². The van der Waals surface area contributed by atoms with Crippen LogP contribution in [-0.2, 0) is 6.42 Å². The van der Waals surface area contributed by atoms with Crippen LogP contribution in [0, 0.1) is 5.82 Å². The predicted octanol–water partition coefficient (Wildman–Crippen LogP) is 7.02. The van der Waals surface area contributed by atoms with Gasteiger partial charge in [-0.3, -0.25) is 4.79 Å². The van der Waals surface area contributed by atoms with Gasteiger partial charge in [0.05, 0.1) is 7.11 Å². The first-order valence-corrected chi connectivity index (χ1v) is 13.7. The first-order valence-electron chi connectivity index (χ1n) is 12.9. The van der Waals surface area contributed by atoms with Crippen LogP contribution in [0.15, 0.2) is 103 Å². The van der Waals surface area contributed by atoms with Crippen LogP contribution in [0.1, 0.15) is 45.2 Å². The molecule has 1 N–H and O–H groups in total. The van der Waals surface area contributed by atoms with Gasteiger partial charge in [0.1, 0.15) is 5.82 Å². The number of hydrogen-bond donors (Lipinski definition) is 1. The van der Waals surface area contributed by atoms with Gasteiger partial charge in [0.15, 0.2) is 17.3 Å². The number of benzene rings is 4. The quantitative estimate of drug-likeness (QED) is 0.190. The average molecular weight is 554 g/mol. The molecular weight excluding hydrogens is 525 g/mol. The number of nitrogens with one attached hydrogen (secondary N) is 1. The SMILES string of the molecule is COc1ccc(C(=O)NCCC(c2ccccc2)c2ccccc2)cc1Oc1nc(Cc2ccc(F)cc2)ns1. The van der Waals surface area contributed by atoms with Gasteiger partial charge in [0.2, 0.25) is 0 Å². The molecule has 8 heteroatoms. The van der Waals surface area contributed by atoms with Crippen LogP contribution in [0.2, 0.25) is 0 Å². The Morgan fingerprint density at radius 1 is 0.900 bits per heavy atom. The summed E-state index contributed by atoms with van der Waals surface area (Å²) in [7, 11) is 1.54. The van der Waals surface area contributed by atoms with Crippen molar-refractivity contribution in [1.82, 2.24) is 14.7 Å². The lowest BCUT2D eigenvalue weighted by Gasteiger charge is -2.18. The Labute approximate surface area is 236 Å². The topological polar surface area (TPSA) is 73.3 Å². The molecule has 0 saturated heterocycles. The third-order valence-electron chi connectivity index (χ3n) is 6.47. The molecule has 1 amide bonds. The second-order valence-corrected chi connectivity index (χ2v) is 9.88. The number of hydrogen-bond acceptors (Lipinski definition) is 6. The number of aromatic nitrogens is 2. The number of amides is 1. The fourth-order valence-corrected chi connectivity index (χ4v) is 5.02. The van der Waals surface area contributed by atoms with Crippen LogP contribution in [0.4, 0.5) is 4.39 Å². The zero-order valence-corrected chi connectivity index (χ0v) is 22.7. The van der Waals surface area contributed by atoms with Crippen molar-refractivity contribution in [2.45, 2.75) is 18.8 Å². The molecule has 0 atom stereocenters. The number of ether oxygens (including phenoxy) is 2. The van der Waals surface area contributed by atoms with Gasteiger partial charge in [0.25, 0.3) is 11.1 Å². The summed E-state index contributed by atoms with van der Waals surface area (Å²) in [6.07, 6.45) is 1.20. The molecule has 202 valence electrons. The molecule has 0 fully saturated rings. The first-order chi connectivity index (χ1) is 19.6. The van der Waals surface area contributed by atoms with Crippen molar-refractivity contribution in [1.29, 1.82) is 0 Å². The van der Waals surface area contributed by atoms with Crippen molar-refractivity contribution in [2.24, 2.45) is 0 Å². The van der Waals surface area contributed by atoms with E-state index in [4.69, 9.17) is 9.47 Å². The first kappa shape index (κ1) is 27.0. The number of rotatable bonds is 11. The molecule has 0 unspecified atom stereocenters. The highest BCUT2D eigenvalue weighted by atomic mass is 32.1. The Morgan fingerprint density at radius 3 is 2.23 bits per heavy atom. The number of nitrogens with zero attached hydrogens (tertiary/aromatic N) is 2. The number of halogens is 1. The summed E-state index contributed by atoms with van der Waals surface area (Å²) in [6, 6.07) is 31.9. The van der Waals surface area contributed by atoms with E-state index in [1.807, 2.05) is 36.4 Å². The Morgan fingerprint density at radius 2 is 1.57 bits per heavy atom. The van der Waals surface area contributed by atoms with E-state index in [0.29, 0.717) is 41.0 Å². The molecule has 40 heavy (non-hydrogen) atoms. The Balaban J connectivity index is 1.24. The van der Waals surface area contributed by atoms with Crippen LogP contribution in [0.3, 0.4) is 0 Å². The molecule has 5 rings (SSSR count). The molecule has 6 nitrogen and oxygen atoms in total.